The summed E-state index contributed by atoms with van der Waals surface area (Å²) in [4.78, 5) is 20.3. The van der Waals surface area contributed by atoms with Crippen molar-refractivity contribution in [2.75, 3.05) is 11.4 Å². The van der Waals surface area contributed by atoms with Gasteiger partial charge in [-0.1, -0.05) is 6.07 Å². The highest BCUT2D eigenvalue weighted by Crippen LogP contribution is 2.31. The fourth-order valence-corrected chi connectivity index (χ4v) is 3.43. The minimum atomic E-state index is -4.01. The summed E-state index contributed by atoms with van der Waals surface area (Å²) >= 11 is 0. The molecule has 2 aromatic carbocycles. The molecule has 0 N–H and O–H groups in total. The average molecular weight is 351 g/mol. The van der Waals surface area contributed by atoms with Gasteiger partial charge in [0.1, 0.15) is 0 Å². The molecule has 0 aliphatic rings. The predicted octanol–water partition coefficient (Wildman–Crippen LogP) is 2.64. The van der Waals surface area contributed by atoms with E-state index >= 15 is 0 Å². The van der Waals surface area contributed by atoms with Crippen molar-refractivity contribution >= 4 is 27.1 Å². The van der Waals surface area contributed by atoms with Gasteiger partial charge in [0.25, 0.3) is 21.4 Å². The minimum Gasteiger partial charge on any atom is -0.269 e. The first-order valence-electron chi connectivity index (χ1n) is 6.63. The Balaban J connectivity index is 2.48. The van der Waals surface area contributed by atoms with Crippen LogP contribution in [0.15, 0.2) is 47.4 Å². The van der Waals surface area contributed by atoms with Crippen molar-refractivity contribution in [3.63, 3.8) is 0 Å². The van der Waals surface area contributed by atoms with E-state index in [1.165, 1.54) is 32.2 Å². The van der Waals surface area contributed by atoms with E-state index in [4.69, 9.17) is 0 Å². The number of benzene rings is 2. The summed E-state index contributed by atoms with van der Waals surface area (Å²) in [7, 11) is -2.74. The molecule has 2 rings (SSSR count). The summed E-state index contributed by atoms with van der Waals surface area (Å²) in [5.74, 6) is 0. The Bertz CT molecular complexity index is 909. The molecule has 0 spiro atoms. The van der Waals surface area contributed by atoms with E-state index in [2.05, 4.69) is 0 Å². The van der Waals surface area contributed by atoms with Gasteiger partial charge in [0.05, 0.1) is 26.0 Å². The maximum Gasteiger partial charge on any atom is 0.274 e. The van der Waals surface area contributed by atoms with Gasteiger partial charge >= 0.3 is 0 Å². The van der Waals surface area contributed by atoms with Crippen molar-refractivity contribution in [3.8, 4) is 0 Å². The first-order valence-corrected chi connectivity index (χ1v) is 8.07. The van der Waals surface area contributed by atoms with Crippen molar-refractivity contribution in [1.82, 2.24) is 0 Å². The Kier molecular flexibility index (Phi) is 4.51. The second kappa shape index (κ2) is 6.24. The zero-order valence-electron chi connectivity index (χ0n) is 12.7. The standard InChI is InChI=1S/C14H13N3O6S/c1-10-13(4-3-5-14(10)17(20)21)15(2)24(22,23)12-8-6-11(7-9-12)16(18)19/h3-9H,1-2H3. The Morgan fingerprint density at radius 2 is 1.54 bits per heavy atom. The highest BCUT2D eigenvalue weighted by atomic mass is 32.2. The van der Waals surface area contributed by atoms with E-state index in [1.807, 2.05) is 0 Å². The third-order valence-corrected chi connectivity index (χ3v) is 5.30. The lowest BCUT2D eigenvalue weighted by atomic mass is 10.1. The van der Waals surface area contributed by atoms with Crippen LogP contribution in [0.4, 0.5) is 17.1 Å². The van der Waals surface area contributed by atoms with Gasteiger partial charge in [-0.3, -0.25) is 24.5 Å². The van der Waals surface area contributed by atoms with Gasteiger partial charge in [-0.25, -0.2) is 8.42 Å². The number of anilines is 1. The van der Waals surface area contributed by atoms with Crippen LogP contribution in [0.2, 0.25) is 0 Å². The van der Waals surface area contributed by atoms with Gasteiger partial charge in [0.2, 0.25) is 0 Å². The second-order valence-electron chi connectivity index (χ2n) is 4.90. The molecule has 126 valence electrons. The van der Waals surface area contributed by atoms with Gasteiger partial charge in [-0.2, -0.15) is 0 Å². The number of nitro benzene ring substituents is 2. The molecule has 9 nitrogen and oxygen atoms in total. The quantitative estimate of drug-likeness (QED) is 0.602. The van der Waals surface area contributed by atoms with Crippen molar-refractivity contribution in [2.24, 2.45) is 0 Å². The molecule has 0 atom stereocenters. The summed E-state index contributed by atoms with van der Waals surface area (Å²) in [6.07, 6.45) is 0. The molecule has 0 amide bonds. The van der Waals surface area contributed by atoms with Crippen molar-refractivity contribution in [1.29, 1.82) is 0 Å². The summed E-state index contributed by atoms with van der Waals surface area (Å²) in [6, 6.07) is 8.54. The van der Waals surface area contributed by atoms with Crippen LogP contribution in [0.1, 0.15) is 5.56 Å². The van der Waals surface area contributed by atoms with Crippen LogP contribution >= 0.6 is 0 Å². The fourth-order valence-electron chi connectivity index (χ4n) is 2.18. The third-order valence-electron chi connectivity index (χ3n) is 3.52. The smallest absolute Gasteiger partial charge is 0.269 e. The SMILES string of the molecule is Cc1c(N(C)S(=O)(=O)c2ccc([N+](=O)[O-])cc2)cccc1[N+](=O)[O-]. The topological polar surface area (TPSA) is 124 Å². The molecule has 2 aromatic rings. The molecule has 0 aliphatic carbocycles. The van der Waals surface area contributed by atoms with Crippen LogP contribution in [-0.2, 0) is 10.0 Å². The van der Waals surface area contributed by atoms with E-state index < -0.39 is 19.9 Å². The number of sulfonamides is 1. The molecular weight excluding hydrogens is 338 g/mol. The maximum absolute atomic E-state index is 12.6. The lowest BCUT2D eigenvalue weighted by molar-refractivity contribution is -0.385. The summed E-state index contributed by atoms with van der Waals surface area (Å²) in [6.45, 7) is 1.45. The Labute approximate surface area is 137 Å². The summed E-state index contributed by atoms with van der Waals surface area (Å²) < 4.78 is 26.2. The van der Waals surface area contributed by atoms with Gasteiger partial charge in [-0.05, 0) is 25.1 Å². The summed E-state index contributed by atoms with van der Waals surface area (Å²) in [5.41, 5.74) is -0.0700. The number of hydrogen-bond donors (Lipinski definition) is 0. The van der Waals surface area contributed by atoms with Gasteiger partial charge < -0.3 is 0 Å². The van der Waals surface area contributed by atoms with Gasteiger partial charge in [0.15, 0.2) is 0 Å². The number of non-ortho nitro benzene ring substituents is 1. The molecule has 0 aliphatic heterocycles. The zero-order chi connectivity index (χ0) is 18.1. The van der Waals surface area contributed by atoms with E-state index in [-0.39, 0.29) is 27.5 Å². The molecule has 0 fully saturated rings. The van der Waals surface area contributed by atoms with Crippen LogP contribution in [0.25, 0.3) is 0 Å². The van der Waals surface area contributed by atoms with Crippen LogP contribution in [0.5, 0.6) is 0 Å². The highest BCUT2D eigenvalue weighted by Gasteiger charge is 2.25. The largest absolute Gasteiger partial charge is 0.274 e. The second-order valence-corrected chi connectivity index (χ2v) is 6.87. The van der Waals surface area contributed by atoms with Crippen LogP contribution in [0, 0.1) is 27.2 Å². The van der Waals surface area contributed by atoms with E-state index in [0.29, 0.717) is 0 Å². The molecule has 0 saturated heterocycles. The van der Waals surface area contributed by atoms with Gasteiger partial charge in [-0.15, -0.1) is 0 Å². The molecule has 24 heavy (non-hydrogen) atoms. The molecular formula is C14H13N3O6S. The Morgan fingerprint density at radius 3 is 2.04 bits per heavy atom. The van der Waals surface area contributed by atoms with Crippen LogP contribution in [-0.4, -0.2) is 25.3 Å². The first kappa shape index (κ1) is 17.3. The molecule has 0 saturated carbocycles. The first-order chi connectivity index (χ1) is 11.2. The number of nitro groups is 2. The monoisotopic (exact) mass is 351 g/mol. The van der Waals surface area contributed by atoms with E-state index in [1.54, 1.807) is 0 Å². The van der Waals surface area contributed by atoms with Crippen LogP contribution < -0.4 is 4.31 Å². The molecule has 10 heteroatoms. The number of rotatable bonds is 5. The molecule has 0 unspecified atom stereocenters. The van der Waals surface area contributed by atoms with Crippen molar-refractivity contribution in [2.45, 2.75) is 11.8 Å². The normalized spacial score (nSPS) is 11.1. The van der Waals surface area contributed by atoms with Crippen molar-refractivity contribution < 1.29 is 18.3 Å². The van der Waals surface area contributed by atoms with Crippen molar-refractivity contribution in [3.05, 3.63) is 68.3 Å². The lowest BCUT2D eigenvalue weighted by Crippen LogP contribution is -2.27. The lowest BCUT2D eigenvalue weighted by Gasteiger charge is -2.21. The van der Waals surface area contributed by atoms with Crippen LogP contribution in [0.3, 0.4) is 0 Å². The molecule has 0 radical (unpaired) electrons. The Hall–Kier alpha value is -3.01. The Morgan fingerprint density at radius 1 is 0.958 bits per heavy atom. The third kappa shape index (κ3) is 3.04. The maximum atomic E-state index is 12.6. The fraction of sp³-hybridized carbons (Fsp3) is 0.143. The predicted molar refractivity (Wildman–Crippen MR) is 86.5 cm³/mol. The van der Waals surface area contributed by atoms with E-state index in [0.717, 1.165) is 28.6 Å². The highest BCUT2D eigenvalue weighted by molar-refractivity contribution is 7.92. The molecule has 0 bridgehead atoms. The van der Waals surface area contributed by atoms with Gasteiger partial charge in [0, 0.05) is 25.2 Å². The average Bonchev–Trinajstić information content (AvgIpc) is 2.54. The number of nitrogens with zero attached hydrogens (tertiary/aromatic N) is 3. The zero-order valence-corrected chi connectivity index (χ0v) is 13.6. The molecule has 0 heterocycles. The molecule has 0 aromatic heterocycles. The summed E-state index contributed by atoms with van der Waals surface area (Å²) in [5, 5.41) is 21.6. The van der Waals surface area contributed by atoms with E-state index in [9.17, 15) is 28.6 Å². The minimum absolute atomic E-state index is 0.151. The number of hydrogen-bond acceptors (Lipinski definition) is 6.